The average molecular weight is 307 g/mol. The Bertz CT molecular complexity index is 777. The molecule has 1 aliphatic heterocycles. The van der Waals surface area contributed by atoms with Crippen LogP contribution >= 0.6 is 0 Å². The van der Waals surface area contributed by atoms with E-state index < -0.39 is 35.6 Å². The Labute approximate surface area is 125 Å². The number of aromatic nitrogens is 4. The van der Waals surface area contributed by atoms with Crippen LogP contribution < -0.4 is 5.73 Å². The number of hydrogen-bond acceptors (Lipinski definition) is 8. The van der Waals surface area contributed by atoms with Crippen LogP contribution in [0.2, 0.25) is 0 Å². The zero-order chi connectivity index (χ0) is 15.9. The molecule has 1 saturated heterocycles. The quantitative estimate of drug-likeness (QED) is 0.542. The molecule has 9 nitrogen and oxygen atoms in total. The molecule has 118 valence electrons. The zero-order valence-electron chi connectivity index (χ0n) is 12.1. The molecule has 2 aromatic heterocycles. The molecule has 0 unspecified atom stereocenters. The van der Waals surface area contributed by atoms with Crippen molar-refractivity contribution in [2.24, 2.45) is 5.41 Å². The Morgan fingerprint density at radius 3 is 2.64 bits per heavy atom. The van der Waals surface area contributed by atoms with Crippen molar-refractivity contribution in [3.8, 4) is 0 Å². The Hall–Kier alpha value is -1.81. The van der Waals surface area contributed by atoms with Gasteiger partial charge in [0.15, 0.2) is 17.7 Å². The Morgan fingerprint density at radius 2 is 2.00 bits per heavy atom. The normalized spacial score (nSPS) is 39.1. The minimum Gasteiger partial charge on any atom is -0.394 e. The minimum absolute atomic E-state index is 0.220. The van der Waals surface area contributed by atoms with Crippen LogP contribution in [0.1, 0.15) is 20.1 Å². The van der Waals surface area contributed by atoms with Crippen molar-refractivity contribution >= 4 is 17.0 Å². The molecule has 0 radical (unpaired) electrons. The third-order valence-electron chi connectivity index (χ3n) is 5.35. The van der Waals surface area contributed by atoms with Crippen molar-refractivity contribution in [1.82, 2.24) is 19.5 Å². The van der Waals surface area contributed by atoms with Gasteiger partial charge in [-0.15, -0.1) is 0 Å². The van der Waals surface area contributed by atoms with E-state index in [9.17, 15) is 15.3 Å². The van der Waals surface area contributed by atoms with Crippen LogP contribution in [0.4, 0.5) is 5.82 Å². The molecule has 4 atom stereocenters. The number of aliphatic hydroxyl groups is 3. The topological polar surface area (TPSA) is 140 Å². The van der Waals surface area contributed by atoms with Gasteiger partial charge < -0.3 is 25.8 Å². The third kappa shape index (κ3) is 1.16. The van der Waals surface area contributed by atoms with Gasteiger partial charge in [-0.3, -0.25) is 4.57 Å². The Morgan fingerprint density at radius 1 is 1.27 bits per heavy atom. The van der Waals surface area contributed by atoms with E-state index in [0.717, 1.165) is 0 Å². The van der Waals surface area contributed by atoms with Crippen molar-refractivity contribution in [2.75, 3.05) is 12.3 Å². The Kier molecular flexibility index (Phi) is 2.35. The third-order valence-corrected chi connectivity index (χ3v) is 5.35. The molecule has 3 heterocycles. The predicted octanol–water partition coefficient (Wildman–Crippen LogP) is -1.20. The minimum atomic E-state index is -1.55. The van der Waals surface area contributed by atoms with E-state index in [4.69, 9.17) is 10.5 Å². The van der Waals surface area contributed by atoms with Crippen LogP contribution in [0.15, 0.2) is 12.7 Å². The summed E-state index contributed by atoms with van der Waals surface area (Å²) in [4.78, 5) is 12.1. The molecule has 9 heteroatoms. The van der Waals surface area contributed by atoms with Gasteiger partial charge in [-0.2, -0.15) is 0 Å². The van der Waals surface area contributed by atoms with Gasteiger partial charge in [-0.1, -0.05) is 13.8 Å². The highest BCUT2D eigenvalue weighted by molar-refractivity contribution is 5.81. The first kappa shape index (κ1) is 13.8. The number of rotatable bonds is 2. The highest BCUT2D eigenvalue weighted by Gasteiger charge is 2.92. The number of nitrogen functional groups attached to an aromatic ring is 1. The second-order valence-corrected chi connectivity index (χ2v) is 6.40. The molecule has 2 fully saturated rings. The molecule has 0 amide bonds. The first-order chi connectivity index (χ1) is 10.3. The molecule has 0 spiro atoms. The fourth-order valence-electron chi connectivity index (χ4n) is 3.88. The zero-order valence-corrected chi connectivity index (χ0v) is 12.1. The summed E-state index contributed by atoms with van der Waals surface area (Å²) in [5, 5.41) is 31.3. The van der Waals surface area contributed by atoms with E-state index in [0.29, 0.717) is 11.2 Å². The number of imidazole rings is 1. The summed E-state index contributed by atoms with van der Waals surface area (Å²) >= 11 is 0. The van der Waals surface area contributed by atoms with E-state index in [-0.39, 0.29) is 5.82 Å². The lowest BCUT2D eigenvalue weighted by molar-refractivity contribution is -0.123. The lowest BCUT2D eigenvalue weighted by atomic mass is 10.0. The number of ether oxygens (including phenoxy) is 1. The second-order valence-electron chi connectivity index (χ2n) is 6.40. The molecular weight excluding hydrogens is 290 g/mol. The largest absolute Gasteiger partial charge is 0.394 e. The van der Waals surface area contributed by atoms with Crippen molar-refractivity contribution in [1.29, 1.82) is 0 Å². The summed E-state index contributed by atoms with van der Waals surface area (Å²) in [6.45, 7) is 3.06. The van der Waals surface area contributed by atoms with Crippen molar-refractivity contribution in [2.45, 2.75) is 37.4 Å². The number of nitrogens with zero attached hydrogens (tertiary/aromatic N) is 4. The van der Waals surface area contributed by atoms with Gasteiger partial charge in [-0.05, 0) is 0 Å². The van der Waals surface area contributed by atoms with Gasteiger partial charge in [0.2, 0.25) is 0 Å². The van der Waals surface area contributed by atoms with Gasteiger partial charge in [-0.25, -0.2) is 15.0 Å². The van der Waals surface area contributed by atoms with Crippen molar-refractivity contribution < 1.29 is 20.1 Å². The van der Waals surface area contributed by atoms with Gasteiger partial charge in [0.25, 0.3) is 0 Å². The molecule has 1 saturated carbocycles. The van der Waals surface area contributed by atoms with Crippen LogP contribution in [0.3, 0.4) is 0 Å². The second kappa shape index (κ2) is 3.74. The average Bonchev–Trinajstić information content (AvgIpc) is 2.86. The van der Waals surface area contributed by atoms with E-state index in [1.165, 1.54) is 17.2 Å². The van der Waals surface area contributed by atoms with E-state index >= 15 is 0 Å². The van der Waals surface area contributed by atoms with E-state index in [2.05, 4.69) is 15.0 Å². The standard InChI is InChI=1S/C13H17N5O4/c1-11(2)12(20)6(3-19)22-10(13(11,12)21)18-5-17-7-8(14)15-4-16-9(7)18/h4-6,10,19-21H,3H2,1-2H3,(H2,14,15,16)/t6-,10-,12+,13-/m1/s1. The molecule has 1 aliphatic carbocycles. The van der Waals surface area contributed by atoms with E-state index in [1.54, 1.807) is 13.8 Å². The highest BCUT2D eigenvalue weighted by atomic mass is 16.6. The first-order valence-electron chi connectivity index (χ1n) is 6.94. The maximum absolute atomic E-state index is 11.0. The van der Waals surface area contributed by atoms with Crippen molar-refractivity contribution in [3.63, 3.8) is 0 Å². The molecular formula is C13H17N5O4. The molecule has 22 heavy (non-hydrogen) atoms. The maximum Gasteiger partial charge on any atom is 0.169 e. The van der Waals surface area contributed by atoms with Gasteiger partial charge >= 0.3 is 0 Å². The monoisotopic (exact) mass is 307 g/mol. The summed E-state index contributed by atoms with van der Waals surface area (Å²) < 4.78 is 7.19. The van der Waals surface area contributed by atoms with Crippen LogP contribution in [-0.4, -0.2) is 58.8 Å². The molecule has 2 aliphatic rings. The fraction of sp³-hybridized carbons (Fsp3) is 0.615. The summed E-state index contributed by atoms with van der Waals surface area (Å²) in [5.74, 6) is 0.220. The number of nitrogens with two attached hydrogens (primary N) is 1. The summed E-state index contributed by atoms with van der Waals surface area (Å²) in [6.07, 6.45) is 0.910. The van der Waals surface area contributed by atoms with Crippen LogP contribution in [-0.2, 0) is 4.74 Å². The summed E-state index contributed by atoms with van der Waals surface area (Å²) in [6, 6.07) is 0. The fourth-order valence-corrected chi connectivity index (χ4v) is 3.88. The van der Waals surface area contributed by atoms with Gasteiger partial charge in [0.1, 0.15) is 29.2 Å². The first-order valence-corrected chi connectivity index (χ1v) is 6.94. The smallest absolute Gasteiger partial charge is 0.169 e. The predicted molar refractivity (Wildman–Crippen MR) is 74.4 cm³/mol. The van der Waals surface area contributed by atoms with Gasteiger partial charge in [0, 0.05) is 5.41 Å². The summed E-state index contributed by atoms with van der Waals surface area (Å²) in [5.41, 5.74) is 2.62. The maximum atomic E-state index is 11.0. The molecule has 2 aromatic rings. The summed E-state index contributed by atoms with van der Waals surface area (Å²) in [7, 11) is 0. The van der Waals surface area contributed by atoms with Crippen LogP contribution in [0.25, 0.3) is 11.2 Å². The Balaban J connectivity index is 1.88. The molecule has 5 N–H and O–H groups in total. The lowest BCUT2D eigenvalue weighted by Gasteiger charge is -2.26. The molecule has 0 aromatic carbocycles. The number of aliphatic hydroxyl groups excluding tert-OH is 1. The number of anilines is 1. The lowest BCUT2D eigenvalue weighted by Crippen LogP contribution is -2.36. The van der Waals surface area contributed by atoms with Crippen LogP contribution in [0, 0.1) is 5.41 Å². The molecule has 0 bridgehead atoms. The number of fused-ring (bicyclic) bond motifs is 2. The van der Waals surface area contributed by atoms with E-state index in [1.807, 2.05) is 0 Å². The van der Waals surface area contributed by atoms with Gasteiger partial charge in [0.05, 0.1) is 12.9 Å². The molecule has 4 rings (SSSR count). The van der Waals surface area contributed by atoms with Crippen molar-refractivity contribution in [3.05, 3.63) is 12.7 Å². The highest BCUT2D eigenvalue weighted by Crippen LogP contribution is 2.75. The number of hydrogen-bond donors (Lipinski definition) is 4. The SMILES string of the molecule is CC1(C)[C@]2(O)[C@H](n3cnc4c(N)ncnc43)O[C@H](CO)[C@]12O. The van der Waals surface area contributed by atoms with Crippen LogP contribution in [0.5, 0.6) is 0 Å².